The molecule has 0 bridgehead atoms. The number of aromatic nitrogens is 1. The van der Waals surface area contributed by atoms with Gasteiger partial charge in [-0.05, 0) is 44.6 Å². The Balaban J connectivity index is 1.89. The molecule has 20 heavy (non-hydrogen) atoms. The molecule has 1 amide bonds. The molecule has 1 saturated carbocycles. The van der Waals surface area contributed by atoms with Crippen LogP contribution in [0.4, 0.5) is 11.5 Å². The van der Waals surface area contributed by atoms with E-state index in [-0.39, 0.29) is 17.9 Å². The van der Waals surface area contributed by atoms with Gasteiger partial charge in [0.25, 0.3) is 0 Å². The quantitative estimate of drug-likeness (QED) is 0.631. The molecule has 0 aliphatic heterocycles. The lowest BCUT2D eigenvalue weighted by Gasteiger charge is -2.29. The second kappa shape index (κ2) is 6.67. The Kier molecular flexibility index (Phi) is 4.92. The average Bonchev–Trinajstić information content (AvgIpc) is 2.47. The SMILES string of the molecule is CC(N)C1CCC(C(=O)Nc2ccnc(NO)c2)CC1. The predicted molar refractivity (Wildman–Crippen MR) is 77.4 cm³/mol. The van der Waals surface area contributed by atoms with E-state index in [9.17, 15) is 4.79 Å². The first-order valence-electron chi connectivity index (χ1n) is 7.02. The van der Waals surface area contributed by atoms with Gasteiger partial charge in [0.1, 0.15) is 0 Å². The Hall–Kier alpha value is -1.66. The number of nitrogens with two attached hydrogens (primary N) is 1. The van der Waals surface area contributed by atoms with Crippen LogP contribution in [0.5, 0.6) is 0 Å². The van der Waals surface area contributed by atoms with Gasteiger partial charge in [-0.25, -0.2) is 4.98 Å². The highest BCUT2D eigenvalue weighted by atomic mass is 16.5. The fraction of sp³-hybridized carbons (Fsp3) is 0.571. The van der Waals surface area contributed by atoms with Crippen LogP contribution in [0.15, 0.2) is 18.3 Å². The number of carbonyl (C=O) groups is 1. The van der Waals surface area contributed by atoms with Gasteiger partial charge < -0.3 is 11.1 Å². The van der Waals surface area contributed by atoms with E-state index in [1.807, 2.05) is 12.4 Å². The number of hydrogen-bond acceptors (Lipinski definition) is 5. The van der Waals surface area contributed by atoms with E-state index < -0.39 is 0 Å². The summed E-state index contributed by atoms with van der Waals surface area (Å²) in [5.74, 6) is 0.917. The van der Waals surface area contributed by atoms with Crippen LogP contribution in [0.25, 0.3) is 0 Å². The molecule has 1 atom stereocenters. The molecule has 1 aliphatic carbocycles. The summed E-state index contributed by atoms with van der Waals surface area (Å²) in [6.07, 6.45) is 5.31. The molecule has 110 valence electrons. The first-order valence-corrected chi connectivity index (χ1v) is 7.02. The number of hydrogen-bond donors (Lipinski definition) is 4. The van der Waals surface area contributed by atoms with Gasteiger partial charge in [0, 0.05) is 29.9 Å². The third kappa shape index (κ3) is 3.68. The molecule has 2 rings (SSSR count). The van der Waals surface area contributed by atoms with Crippen molar-refractivity contribution in [3.8, 4) is 0 Å². The number of carbonyl (C=O) groups excluding carboxylic acids is 1. The van der Waals surface area contributed by atoms with Gasteiger partial charge in [-0.1, -0.05) is 0 Å². The van der Waals surface area contributed by atoms with Gasteiger partial charge in [-0.3, -0.25) is 15.5 Å². The van der Waals surface area contributed by atoms with Crippen molar-refractivity contribution in [1.82, 2.24) is 4.98 Å². The van der Waals surface area contributed by atoms with Crippen molar-refractivity contribution in [1.29, 1.82) is 0 Å². The number of nitrogens with one attached hydrogen (secondary N) is 2. The smallest absolute Gasteiger partial charge is 0.227 e. The molecular weight excluding hydrogens is 256 g/mol. The van der Waals surface area contributed by atoms with E-state index >= 15 is 0 Å². The lowest BCUT2D eigenvalue weighted by atomic mass is 9.79. The van der Waals surface area contributed by atoms with E-state index in [1.54, 1.807) is 12.1 Å². The molecule has 1 heterocycles. The fourth-order valence-corrected chi connectivity index (χ4v) is 2.72. The minimum atomic E-state index is 0.0308. The summed E-state index contributed by atoms with van der Waals surface area (Å²) in [4.78, 5) is 16.1. The fourth-order valence-electron chi connectivity index (χ4n) is 2.72. The van der Waals surface area contributed by atoms with Gasteiger partial charge >= 0.3 is 0 Å². The second-order valence-corrected chi connectivity index (χ2v) is 5.50. The van der Waals surface area contributed by atoms with Crippen molar-refractivity contribution in [3.63, 3.8) is 0 Å². The number of nitrogens with zero attached hydrogens (tertiary/aromatic N) is 1. The van der Waals surface area contributed by atoms with E-state index in [1.165, 1.54) is 6.20 Å². The van der Waals surface area contributed by atoms with Crippen LogP contribution < -0.4 is 16.5 Å². The predicted octanol–water partition coefficient (Wildman–Crippen LogP) is 1.97. The summed E-state index contributed by atoms with van der Waals surface area (Å²) in [6.45, 7) is 2.03. The van der Waals surface area contributed by atoms with E-state index in [0.717, 1.165) is 25.7 Å². The van der Waals surface area contributed by atoms with Crippen LogP contribution in [0.3, 0.4) is 0 Å². The lowest BCUT2D eigenvalue weighted by Crippen LogP contribution is -2.33. The number of amides is 1. The van der Waals surface area contributed by atoms with Crippen molar-refractivity contribution in [3.05, 3.63) is 18.3 Å². The zero-order chi connectivity index (χ0) is 14.5. The van der Waals surface area contributed by atoms with Crippen LogP contribution in [-0.2, 0) is 4.79 Å². The normalized spacial score (nSPS) is 23.9. The maximum absolute atomic E-state index is 12.2. The summed E-state index contributed by atoms with van der Waals surface area (Å²) in [5, 5.41) is 11.7. The summed E-state index contributed by atoms with van der Waals surface area (Å²) in [7, 11) is 0. The third-order valence-electron chi connectivity index (χ3n) is 4.03. The van der Waals surface area contributed by atoms with Crippen molar-refractivity contribution in [2.75, 3.05) is 10.8 Å². The number of rotatable bonds is 4. The molecule has 5 N–H and O–H groups in total. The Morgan fingerprint density at radius 2 is 2.15 bits per heavy atom. The summed E-state index contributed by atoms with van der Waals surface area (Å²) in [6, 6.07) is 3.50. The Bertz CT molecular complexity index is 456. The molecule has 1 fully saturated rings. The Labute approximate surface area is 118 Å². The highest BCUT2D eigenvalue weighted by molar-refractivity contribution is 5.92. The van der Waals surface area contributed by atoms with Crippen LogP contribution >= 0.6 is 0 Å². The largest absolute Gasteiger partial charge is 0.328 e. The third-order valence-corrected chi connectivity index (χ3v) is 4.03. The first kappa shape index (κ1) is 14.7. The van der Waals surface area contributed by atoms with Gasteiger partial charge in [0.15, 0.2) is 5.82 Å². The zero-order valence-electron chi connectivity index (χ0n) is 11.7. The van der Waals surface area contributed by atoms with Gasteiger partial charge in [0.2, 0.25) is 5.91 Å². The van der Waals surface area contributed by atoms with Crippen LogP contribution in [-0.4, -0.2) is 22.1 Å². The Morgan fingerprint density at radius 1 is 1.45 bits per heavy atom. The van der Waals surface area contributed by atoms with Gasteiger partial charge in [0.05, 0.1) is 0 Å². The second-order valence-electron chi connectivity index (χ2n) is 5.50. The summed E-state index contributed by atoms with van der Waals surface area (Å²) < 4.78 is 0. The van der Waals surface area contributed by atoms with Crippen molar-refractivity contribution < 1.29 is 10.0 Å². The molecule has 6 heteroatoms. The maximum atomic E-state index is 12.2. The molecule has 0 spiro atoms. The average molecular weight is 278 g/mol. The van der Waals surface area contributed by atoms with Crippen molar-refractivity contribution in [2.45, 2.75) is 38.6 Å². The minimum absolute atomic E-state index is 0.0308. The molecule has 6 nitrogen and oxygen atoms in total. The van der Waals surface area contributed by atoms with Crippen LogP contribution in [0.2, 0.25) is 0 Å². The standard InChI is InChI=1S/C14H22N4O2/c1-9(15)10-2-4-11(5-3-10)14(19)17-12-6-7-16-13(8-12)18-20/h6-11,20H,2-5,15H2,1H3,(H2,16,17,18,19). The number of anilines is 2. The van der Waals surface area contributed by atoms with Crippen molar-refractivity contribution in [2.24, 2.45) is 17.6 Å². The number of pyridine rings is 1. The van der Waals surface area contributed by atoms with Gasteiger partial charge in [-0.2, -0.15) is 0 Å². The maximum Gasteiger partial charge on any atom is 0.227 e. The molecule has 1 aromatic heterocycles. The minimum Gasteiger partial charge on any atom is -0.328 e. The van der Waals surface area contributed by atoms with Gasteiger partial charge in [-0.15, -0.1) is 0 Å². The highest BCUT2D eigenvalue weighted by Gasteiger charge is 2.27. The molecule has 0 saturated heterocycles. The molecular formula is C14H22N4O2. The topological polar surface area (TPSA) is 100 Å². The van der Waals surface area contributed by atoms with E-state index in [2.05, 4.69) is 10.3 Å². The molecule has 1 unspecified atom stereocenters. The summed E-state index contributed by atoms with van der Waals surface area (Å²) in [5.41, 5.74) is 8.50. The molecule has 1 aromatic rings. The summed E-state index contributed by atoms with van der Waals surface area (Å²) >= 11 is 0. The molecule has 0 radical (unpaired) electrons. The zero-order valence-corrected chi connectivity index (χ0v) is 11.7. The lowest BCUT2D eigenvalue weighted by molar-refractivity contribution is -0.121. The molecule has 1 aliphatic rings. The highest BCUT2D eigenvalue weighted by Crippen LogP contribution is 2.31. The first-order chi connectivity index (χ1) is 9.60. The van der Waals surface area contributed by atoms with Crippen LogP contribution in [0, 0.1) is 11.8 Å². The van der Waals surface area contributed by atoms with Crippen LogP contribution in [0.1, 0.15) is 32.6 Å². The van der Waals surface area contributed by atoms with E-state index in [4.69, 9.17) is 10.9 Å². The van der Waals surface area contributed by atoms with Crippen molar-refractivity contribution >= 4 is 17.4 Å². The monoisotopic (exact) mass is 278 g/mol. The Morgan fingerprint density at radius 3 is 2.75 bits per heavy atom. The van der Waals surface area contributed by atoms with E-state index in [0.29, 0.717) is 17.4 Å². The molecule has 0 aromatic carbocycles.